The van der Waals surface area contributed by atoms with E-state index in [1.54, 1.807) is 6.07 Å². The molecule has 5 nitrogen and oxygen atoms in total. The van der Waals surface area contributed by atoms with Gasteiger partial charge in [-0.05, 0) is 62.6 Å². The molecule has 0 bridgehead atoms. The third-order valence-corrected chi connectivity index (χ3v) is 4.37. The number of hydrogen-bond acceptors (Lipinski definition) is 4. The molecule has 1 heterocycles. The molecule has 1 amide bonds. The lowest BCUT2D eigenvalue weighted by Crippen LogP contribution is -2.42. The minimum Gasteiger partial charge on any atom is -0.485 e. The van der Waals surface area contributed by atoms with E-state index in [2.05, 4.69) is 36.5 Å². The van der Waals surface area contributed by atoms with Crippen molar-refractivity contribution in [2.45, 2.75) is 33.8 Å². The van der Waals surface area contributed by atoms with Gasteiger partial charge in [0, 0.05) is 5.56 Å². The molecule has 3 rings (SSSR count). The molecule has 1 aliphatic heterocycles. The van der Waals surface area contributed by atoms with E-state index in [4.69, 9.17) is 9.47 Å². The Balaban J connectivity index is 1.70. The maximum Gasteiger partial charge on any atom is 0.284 e. The number of nitrogens with one attached hydrogen (secondary N) is 1. The van der Waals surface area contributed by atoms with Crippen LogP contribution in [-0.4, -0.2) is 24.3 Å². The molecule has 0 fully saturated rings. The highest BCUT2D eigenvalue weighted by Gasteiger charge is 2.27. The van der Waals surface area contributed by atoms with Crippen molar-refractivity contribution in [3.05, 3.63) is 58.7 Å². The SMILES string of the molecule is C/C(=N/NC(=O)[C@@H]1COc2ccccc2O1)c1cc(C)c(C)cc1C. The molecule has 1 atom stereocenters. The Kier molecular flexibility index (Phi) is 4.74. The summed E-state index contributed by atoms with van der Waals surface area (Å²) in [5, 5.41) is 4.24. The van der Waals surface area contributed by atoms with E-state index in [1.807, 2.05) is 32.0 Å². The smallest absolute Gasteiger partial charge is 0.284 e. The molecule has 0 unspecified atom stereocenters. The predicted molar refractivity (Wildman–Crippen MR) is 97.4 cm³/mol. The third-order valence-electron chi connectivity index (χ3n) is 4.37. The summed E-state index contributed by atoms with van der Waals surface area (Å²) in [7, 11) is 0. The Bertz CT molecular complexity index is 843. The van der Waals surface area contributed by atoms with Crippen molar-refractivity contribution in [1.82, 2.24) is 5.43 Å². The highest BCUT2D eigenvalue weighted by Crippen LogP contribution is 2.30. The number of para-hydroxylation sites is 2. The number of rotatable bonds is 3. The van der Waals surface area contributed by atoms with Gasteiger partial charge in [0.1, 0.15) is 6.61 Å². The van der Waals surface area contributed by atoms with Gasteiger partial charge in [0.05, 0.1) is 5.71 Å². The minimum atomic E-state index is -0.715. The van der Waals surface area contributed by atoms with Gasteiger partial charge in [-0.3, -0.25) is 4.79 Å². The molecule has 25 heavy (non-hydrogen) atoms. The van der Waals surface area contributed by atoms with Gasteiger partial charge in [0.25, 0.3) is 5.91 Å². The monoisotopic (exact) mass is 338 g/mol. The summed E-state index contributed by atoms with van der Waals surface area (Å²) in [6.45, 7) is 8.23. The van der Waals surface area contributed by atoms with Crippen LogP contribution in [0.2, 0.25) is 0 Å². The second kappa shape index (κ2) is 6.97. The number of aryl methyl sites for hydroxylation is 3. The summed E-state index contributed by atoms with van der Waals surface area (Å²) in [6, 6.07) is 11.5. The predicted octanol–water partition coefficient (Wildman–Crippen LogP) is 3.29. The van der Waals surface area contributed by atoms with Crippen molar-refractivity contribution in [1.29, 1.82) is 0 Å². The topological polar surface area (TPSA) is 59.9 Å². The molecule has 2 aromatic carbocycles. The first-order valence-electron chi connectivity index (χ1n) is 8.26. The van der Waals surface area contributed by atoms with Crippen LogP contribution in [0.1, 0.15) is 29.2 Å². The molecule has 0 aliphatic carbocycles. The molecular weight excluding hydrogens is 316 g/mol. The number of amides is 1. The summed E-state index contributed by atoms with van der Waals surface area (Å²) in [6.07, 6.45) is -0.715. The quantitative estimate of drug-likeness (QED) is 0.690. The average molecular weight is 338 g/mol. The summed E-state index contributed by atoms with van der Waals surface area (Å²) in [4.78, 5) is 12.3. The molecule has 2 aromatic rings. The zero-order valence-electron chi connectivity index (χ0n) is 14.9. The summed E-state index contributed by atoms with van der Waals surface area (Å²) in [5.41, 5.74) is 7.93. The molecule has 1 N–H and O–H groups in total. The second-order valence-corrected chi connectivity index (χ2v) is 6.29. The lowest BCUT2D eigenvalue weighted by Gasteiger charge is -2.24. The van der Waals surface area contributed by atoms with Gasteiger partial charge in [0.2, 0.25) is 6.10 Å². The van der Waals surface area contributed by atoms with Crippen LogP contribution in [0.4, 0.5) is 0 Å². The normalized spacial score (nSPS) is 16.5. The molecule has 0 aromatic heterocycles. The van der Waals surface area contributed by atoms with Crippen molar-refractivity contribution in [2.75, 3.05) is 6.61 Å². The maximum absolute atomic E-state index is 12.3. The number of ether oxygens (including phenoxy) is 2. The number of carbonyl (C=O) groups is 1. The van der Waals surface area contributed by atoms with E-state index < -0.39 is 6.10 Å². The number of nitrogens with zero attached hydrogens (tertiary/aromatic N) is 1. The third kappa shape index (κ3) is 3.65. The summed E-state index contributed by atoms with van der Waals surface area (Å²) in [5.74, 6) is 0.895. The van der Waals surface area contributed by atoms with Crippen LogP contribution in [0, 0.1) is 20.8 Å². The van der Waals surface area contributed by atoms with Gasteiger partial charge in [-0.1, -0.05) is 18.2 Å². The number of hydrogen-bond donors (Lipinski definition) is 1. The van der Waals surface area contributed by atoms with Gasteiger partial charge in [-0.15, -0.1) is 0 Å². The first-order valence-corrected chi connectivity index (χ1v) is 8.26. The Morgan fingerprint density at radius 3 is 2.52 bits per heavy atom. The molecule has 0 saturated carbocycles. The highest BCUT2D eigenvalue weighted by molar-refractivity contribution is 6.00. The van der Waals surface area contributed by atoms with E-state index in [9.17, 15) is 4.79 Å². The van der Waals surface area contributed by atoms with Crippen molar-refractivity contribution in [3.8, 4) is 11.5 Å². The van der Waals surface area contributed by atoms with Crippen molar-refractivity contribution in [3.63, 3.8) is 0 Å². The van der Waals surface area contributed by atoms with Crippen LogP contribution in [0.3, 0.4) is 0 Å². The van der Waals surface area contributed by atoms with E-state index in [1.165, 1.54) is 11.1 Å². The van der Waals surface area contributed by atoms with Crippen LogP contribution in [0.25, 0.3) is 0 Å². The Hall–Kier alpha value is -2.82. The zero-order chi connectivity index (χ0) is 18.0. The molecule has 0 saturated heterocycles. The van der Waals surface area contributed by atoms with Crippen LogP contribution >= 0.6 is 0 Å². The van der Waals surface area contributed by atoms with E-state index in [-0.39, 0.29) is 12.5 Å². The van der Waals surface area contributed by atoms with E-state index in [0.717, 1.165) is 16.8 Å². The number of benzene rings is 2. The lowest BCUT2D eigenvalue weighted by atomic mass is 9.98. The minimum absolute atomic E-state index is 0.167. The second-order valence-electron chi connectivity index (χ2n) is 6.29. The first kappa shape index (κ1) is 17.0. The Morgan fingerprint density at radius 1 is 1.08 bits per heavy atom. The average Bonchev–Trinajstić information content (AvgIpc) is 2.62. The van der Waals surface area contributed by atoms with Crippen LogP contribution in [-0.2, 0) is 4.79 Å². The van der Waals surface area contributed by atoms with Gasteiger partial charge < -0.3 is 9.47 Å². The Morgan fingerprint density at radius 2 is 1.76 bits per heavy atom. The maximum atomic E-state index is 12.3. The molecule has 5 heteroatoms. The van der Waals surface area contributed by atoms with Gasteiger partial charge in [-0.2, -0.15) is 5.10 Å². The molecule has 1 aliphatic rings. The first-order chi connectivity index (χ1) is 12.0. The Labute approximate surface area is 147 Å². The molecule has 130 valence electrons. The largest absolute Gasteiger partial charge is 0.485 e. The van der Waals surface area contributed by atoms with Gasteiger partial charge in [0.15, 0.2) is 11.5 Å². The highest BCUT2D eigenvalue weighted by atomic mass is 16.6. The van der Waals surface area contributed by atoms with Gasteiger partial charge in [-0.25, -0.2) is 5.43 Å². The fraction of sp³-hybridized carbons (Fsp3) is 0.300. The lowest BCUT2D eigenvalue weighted by molar-refractivity contribution is -0.130. The van der Waals surface area contributed by atoms with E-state index >= 15 is 0 Å². The van der Waals surface area contributed by atoms with Crippen LogP contribution in [0.5, 0.6) is 11.5 Å². The number of carbonyl (C=O) groups excluding carboxylic acids is 1. The van der Waals surface area contributed by atoms with E-state index in [0.29, 0.717) is 11.5 Å². The molecule has 0 spiro atoms. The summed E-state index contributed by atoms with van der Waals surface area (Å²) >= 11 is 0. The van der Waals surface area contributed by atoms with Gasteiger partial charge >= 0.3 is 0 Å². The molecular formula is C20H22N2O3. The number of fused-ring (bicyclic) bond motifs is 1. The van der Waals surface area contributed by atoms with Crippen molar-refractivity contribution < 1.29 is 14.3 Å². The zero-order valence-corrected chi connectivity index (χ0v) is 14.9. The molecule has 0 radical (unpaired) electrons. The number of hydrazone groups is 1. The van der Waals surface area contributed by atoms with Crippen molar-refractivity contribution in [2.24, 2.45) is 5.10 Å². The van der Waals surface area contributed by atoms with Crippen LogP contribution in [0.15, 0.2) is 41.5 Å². The standard InChI is InChI=1S/C20H22N2O3/c1-12-9-14(3)16(10-13(12)2)15(4)21-22-20(23)19-11-24-17-7-5-6-8-18(17)25-19/h5-10,19H,11H2,1-4H3,(H,22,23)/b21-15-/t19-/m0/s1. The van der Waals surface area contributed by atoms with Crippen LogP contribution < -0.4 is 14.9 Å². The fourth-order valence-electron chi connectivity index (χ4n) is 2.77. The fourth-order valence-corrected chi connectivity index (χ4v) is 2.77. The summed E-state index contributed by atoms with van der Waals surface area (Å²) < 4.78 is 11.2. The van der Waals surface area contributed by atoms with Crippen molar-refractivity contribution >= 4 is 11.6 Å².